The topological polar surface area (TPSA) is 74.8 Å². The second-order valence-electron chi connectivity index (χ2n) is 6.36. The zero-order chi connectivity index (χ0) is 15.2. The summed E-state index contributed by atoms with van der Waals surface area (Å²) in [4.78, 5) is 28.1. The molecule has 0 N–H and O–H groups in total. The van der Waals surface area contributed by atoms with Crippen molar-refractivity contribution in [1.82, 2.24) is 9.80 Å². The third kappa shape index (κ3) is 2.93. The Morgan fingerprint density at radius 3 is 2.57 bits per heavy atom. The molecule has 1 saturated carbocycles. The Morgan fingerprint density at radius 1 is 1.33 bits per heavy atom. The summed E-state index contributed by atoms with van der Waals surface area (Å²) in [6.45, 7) is 2.89. The zero-order valence-corrected chi connectivity index (χ0v) is 13.1. The van der Waals surface area contributed by atoms with Gasteiger partial charge in [-0.1, -0.05) is 0 Å². The molecule has 21 heavy (non-hydrogen) atoms. The fourth-order valence-corrected chi connectivity index (χ4v) is 5.22. The molecule has 2 atom stereocenters. The normalized spacial score (nSPS) is 31.7. The molecule has 0 aromatic carbocycles. The molecule has 7 heteroatoms. The van der Waals surface area contributed by atoms with Crippen LogP contribution in [0, 0.1) is 5.92 Å². The molecule has 6 nitrogen and oxygen atoms in total. The van der Waals surface area contributed by atoms with Crippen molar-refractivity contribution >= 4 is 21.7 Å². The summed E-state index contributed by atoms with van der Waals surface area (Å²) in [6, 6.07) is 0.134. The average molecular weight is 314 g/mol. The summed E-state index contributed by atoms with van der Waals surface area (Å²) in [5, 5.41) is 0. The molecular formula is C14H22N2O4S. The summed E-state index contributed by atoms with van der Waals surface area (Å²) in [5.41, 5.74) is 0. The molecule has 0 aromatic heterocycles. The molecule has 2 saturated heterocycles. The van der Waals surface area contributed by atoms with Crippen LogP contribution >= 0.6 is 0 Å². The third-order valence-corrected chi connectivity index (χ3v) is 6.52. The highest BCUT2D eigenvalue weighted by Gasteiger charge is 2.44. The molecular weight excluding hydrogens is 292 g/mol. The number of rotatable bonds is 4. The highest BCUT2D eigenvalue weighted by molar-refractivity contribution is 7.91. The lowest BCUT2D eigenvalue weighted by Crippen LogP contribution is -2.44. The first-order valence-corrected chi connectivity index (χ1v) is 9.54. The van der Waals surface area contributed by atoms with Crippen molar-refractivity contribution in [2.24, 2.45) is 5.92 Å². The fourth-order valence-electron chi connectivity index (χ4n) is 3.49. The van der Waals surface area contributed by atoms with Gasteiger partial charge in [0.2, 0.25) is 11.8 Å². The third-order valence-electron chi connectivity index (χ3n) is 4.77. The van der Waals surface area contributed by atoms with Gasteiger partial charge in [0.05, 0.1) is 17.4 Å². The van der Waals surface area contributed by atoms with Crippen LogP contribution in [-0.4, -0.2) is 66.7 Å². The van der Waals surface area contributed by atoms with Crippen molar-refractivity contribution < 1.29 is 18.0 Å². The van der Waals surface area contributed by atoms with Crippen LogP contribution in [0.15, 0.2) is 0 Å². The molecule has 0 spiro atoms. The molecule has 2 heterocycles. The minimum atomic E-state index is -3.00. The number of likely N-dealkylation sites (tertiary alicyclic amines) is 1. The summed E-state index contributed by atoms with van der Waals surface area (Å²) in [7, 11) is -3.00. The molecule has 1 aliphatic carbocycles. The lowest BCUT2D eigenvalue weighted by molar-refractivity contribution is -0.137. The molecule has 2 aliphatic heterocycles. The van der Waals surface area contributed by atoms with Crippen molar-refractivity contribution in [3.63, 3.8) is 0 Å². The van der Waals surface area contributed by atoms with Crippen LogP contribution in [0.3, 0.4) is 0 Å². The van der Waals surface area contributed by atoms with Crippen molar-refractivity contribution in [3.8, 4) is 0 Å². The van der Waals surface area contributed by atoms with Gasteiger partial charge in [0.25, 0.3) is 0 Å². The fraction of sp³-hybridized carbons (Fsp3) is 0.857. The molecule has 3 rings (SSSR count). The van der Waals surface area contributed by atoms with E-state index in [-0.39, 0.29) is 41.7 Å². The van der Waals surface area contributed by atoms with Crippen LogP contribution in [0.5, 0.6) is 0 Å². The van der Waals surface area contributed by atoms with Gasteiger partial charge < -0.3 is 9.80 Å². The Balaban J connectivity index is 1.67. The Bertz CT molecular complexity index is 555. The van der Waals surface area contributed by atoms with Gasteiger partial charge in [-0.2, -0.15) is 0 Å². The van der Waals surface area contributed by atoms with Gasteiger partial charge in [-0.25, -0.2) is 8.42 Å². The molecule has 0 aromatic rings. The SMILES string of the molecule is CCN(C(=O)C1CC(=O)N(C2CC2)C1)C1CCS(=O)(=O)C1. The predicted molar refractivity (Wildman–Crippen MR) is 77.3 cm³/mol. The number of hydrogen-bond acceptors (Lipinski definition) is 4. The van der Waals surface area contributed by atoms with Crippen LogP contribution < -0.4 is 0 Å². The van der Waals surface area contributed by atoms with Gasteiger partial charge in [0, 0.05) is 31.6 Å². The molecule has 0 radical (unpaired) electrons. The Hall–Kier alpha value is -1.11. The van der Waals surface area contributed by atoms with Gasteiger partial charge >= 0.3 is 0 Å². The minimum Gasteiger partial charge on any atom is -0.339 e. The van der Waals surface area contributed by atoms with Crippen LogP contribution in [0.4, 0.5) is 0 Å². The number of hydrogen-bond donors (Lipinski definition) is 0. The van der Waals surface area contributed by atoms with Crippen molar-refractivity contribution in [3.05, 3.63) is 0 Å². The Labute approximate surface area is 125 Å². The van der Waals surface area contributed by atoms with Crippen molar-refractivity contribution in [2.45, 2.75) is 44.7 Å². The standard InChI is InChI=1S/C14H22N2O4S/c1-2-15(12-5-6-21(19,20)9-12)14(18)10-7-13(17)16(8-10)11-3-4-11/h10-12H,2-9H2,1H3. The first-order valence-electron chi connectivity index (χ1n) is 7.71. The van der Waals surface area contributed by atoms with Crippen LogP contribution in [0.2, 0.25) is 0 Å². The second-order valence-corrected chi connectivity index (χ2v) is 8.59. The summed E-state index contributed by atoms with van der Waals surface area (Å²) in [6.07, 6.45) is 2.90. The van der Waals surface area contributed by atoms with Crippen LogP contribution in [0.1, 0.15) is 32.6 Å². The summed E-state index contributed by atoms with van der Waals surface area (Å²) in [5.74, 6) is -0.0258. The van der Waals surface area contributed by atoms with Gasteiger partial charge in [-0.15, -0.1) is 0 Å². The lowest BCUT2D eigenvalue weighted by atomic mass is 10.1. The van der Waals surface area contributed by atoms with E-state index in [2.05, 4.69) is 0 Å². The maximum absolute atomic E-state index is 12.7. The van der Waals surface area contributed by atoms with Crippen molar-refractivity contribution in [2.75, 3.05) is 24.6 Å². The van der Waals surface area contributed by atoms with Gasteiger partial charge in [-0.05, 0) is 26.2 Å². The molecule has 2 amide bonds. The van der Waals surface area contributed by atoms with E-state index >= 15 is 0 Å². The summed E-state index contributed by atoms with van der Waals surface area (Å²) >= 11 is 0. The van der Waals surface area contributed by atoms with Crippen LogP contribution in [0.25, 0.3) is 0 Å². The number of amides is 2. The summed E-state index contributed by atoms with van der Waals surface area (Å²) < 4.78 is 23.2. The van der Waals surface area contributed by atoms with Crippen molar-refractivity contribution in [1.29, 1.82) is 0 Å². The van der Waals surface area contributed by atoms with E-state index in [4.69, 9.17) is 0 Å². The monoisotopic (exact) mass is 314 g/mol. The molecule has 3 fully saturated rings. The minimum absolute atomic E-state index is 0.0453. The van der Waals surface area contributed by atoms with E-state index in [0.29, 0.717) is 25.6 Å². The van der Waals surface area contributed by atoms with E-state index in [0.717, 1.165) is 12.8 Å². The molecule has 118 valence electrons. The first kappa shape index (κ1) is 14.8. The first-order chi connectivity index (χ1) is 9.91. The van der Waals surface area contributed by atoms with E-state index in [1.165, 1.54) is 0 Å². The van der Waals surface area contributed by atoms with Gasteiger partial charge in [0.15, 0.2) is 9.84 Å². The highest BCUT2D eigenvalue weighted by atomic mass is 32.2. The number of carbonyl (C=O) groups excluding carboxylic acids is 2. The maximum Gasteiger partial charge on any atom is 0.228 e. The maximum atomic E-state index is 12.7. The average Bonchev–Trinajstić information content (AvgIpc) is 3.10. The van der Waals surface area contributed by atoms with E-state index in [1.807, 2.05) is 11.8 Å². The number of sulfone groups is 1. The quantitative estimate of drug-likeness (QED) is 0.734. The second kappa shape index (κ2) is 5.26. The predicted octanol–water partition coefficient (Wildman–Crippen LogP) is 0.0329. The van der Waals surface area contributed by atoms with E-state index in [9.17, 15) is 18.0 Å². The van der Waals surface area contributed by atoms with Gasteiger partial charge in [-0.3, -0.25) is 9.59 Å². The van der Waals surface area contributed by atoms with Gasteiger partial charge in [0.1, 0.15) is 0 Å². The zero-order valence-electron chi connectivity index (χ0n) is 12.3. The lowest BCUT2D eigenvalue weighted by Gasteiger charge is -2.29. The number of nitrogens with zero attached hydrogens (tertiary/aromatic N) is 2. The Kier molecular flexibility index (Phi) is 3.71. The molecule has 2 unspecified atom stereocenters. The smallest absolute Gasteiger partial charge is 0.228 e. The molecule has 0 bridgehead atoms. The number of carbonyl (C=O) groups is 2. The Morgan fingerprint density at radius 2 is 2.05 bits per heavy atom. The van der Waals surface area contributed by atoms with E-state index < -0.39 is 9.84 Å². The van der Waals surface area contributed by atoms with E-state index in [1.54, 1.807) is 4.90 Å². The highest BCUT2D eigenvalue weighted by Crippen LogP contribution is 2.33. The molecule has 3 aliphatic rings. The largest absolute Gasteiger partial charge is 0.339 e. The van der Waals surface area contributed by atoms with Crippen LogP contribution in [-0.2, 0) is 19.4 Å².